The van der Waals surface area contributed by atoms with Gasteiger partial charge in [0.25, 0.3) is 0 Å². The van der Waals surface area contributed by atoms with E-state index >= 15 is 0 Å². The number of thiazole rings is 1. The Labute approximate surface area is 369 Å². The van der Waals surface area contributed by atoms with Crippen molar-refractivity contribution in [1.29, 1.82) is 0 Å². The minimum absolute atomic E-state index is 0.625. The Morgan fingerprint density at radius 2 is 0.921 bits per heavy atom. The zero-order valence-corrected chi connectivity index (χ0v) is 35.1. The Balaban J connectivity index is 0.936. The van der Waals surface area contributed by atoms with E-state index in [2.05, 4.69) is 158 Å². The minimum atomic E-state index is 0.625. The largest absolute Gasteiger partial charge is 0.456 e. The van der Waals surface area contributed by atoms with Gasteiger partial charge in [0.2, 0.25) is 0 Å². The highest BCUT2D eigenvalue weighted by atomic mass is 32.1. The fourth-order valence-corrected chi connectivity index (χ4v) is 11.4. The number of aromatic nitrogens is 4. The van der Waals surface area contributed by atoms with E-state index in [0.717, 1.165) is 81.3 Å². The molecule has 7 heteroatoms. The Hall–Kier alpha value is -7.84. The molecule has 63 heavy (non-hydrogen) atoms. The molecule has 4 heterocycles. The summed E-state index contributed by atoms with van der Waals surface area (Å²) in [6.07, 6.45) is 0. The second-order valence-corrected chi connectivity index (χ2v) is 17.8. The van der Waals surface area contributed by atoms with Gasteiger partial charge in [-0.25, -0.2) is 19.9 Å². The highest BCUT2D eigenvalue weighted by Crippen LogP contribution is 2.45. The number of fused-ring (bicyclic) bond motifs is 9. The normalized spacial score (nSPS) is 11.8. The van der Waals surface area contributed by atoms with Crippen molar-refractivity contribution in [1.82, 2.24) is 19.9 Å². The predicted molar refractivity (Wildman–Crippen MR) is 263 cm³/mol. The van der Waals surface area contributed by atoms with Crippen LogP contribution < -0.4 is 0 Å². The first-order chi connectivity index (χ1) is 31.2. The van der Waals surface area contributed by atoms with Crippen molar-refractivity contribution in [3.8, 4) is 67.0 Å². The lowest BCUT2D eigenvalue weighted by Gasteiger charge is -2.13. The number of nitrogens with zero attached hydrogens (tertiary/aromatic N) is 4. The molecule has 0 N–H and O–H groups in total. The molecule has 0 fully saturated rings. The second kappa shape index (κ2) is 14.4. The van der Waals surface area contributed by atoms with Crippen LogP contribution in [0.25, 0.3) is 130 Å². The molecule has 0 saturated heterocycles. The zero-order valence-electron chi connectivity index (χ0n) is 33.5. The summed E-state index contributed by atoms with van der Waals surface area (Å²) in [7, 11) is 0. The van der Waals surface area contributed by atoms with Crippen molar-refractivity contribution in [2.24, 2.45) is 0 Å². The Morgan fingerprint density at radius 3 is 1.71 bits per heavy atom. The first kappa shape index (κ1) is 35.9. The topological polar surface area (TPSA) is 64.7 Å². The average molecular weight is 841 g/mol. The van der Waals surface area contributed by atoms with Crippen LogP contribution in [-0.4, -0.2) is 19.9 Å². The fourth-order valence-electron chi connectivity index (χ4n) is 8.98. The SMILES string of the molecule is c1ccc(-c2ccc(-c3nc(-c4ccccc4)nc(-c4ccc(-c5ccc6oc7ccc8nc(-c9cccc%10c9sc9ccccc9%10)sc8c7c6c5)c5ccccc45)n3)cc2)cc1. The summed E-state index contributed by atoms with van der Waals surface area (Å²) < 4.78 is 10.2. The predicted octanol–water partition coefficient (Wildman–Crippen LogP) is 15.9. The number of rotatable bonds is 6. The van der Waals surface area contributed by atoms with E-state index < -0.39 is 0 Å². The maximum atomic E-state index is 6.52. The highest BCUT2D eigenvalue weighted by molar-refractivity contribution is 7.27. The summed E-state index contributed by atoms with van der Waals surface area (Å²) in [5.74, 6) is 1.88. The molecule has 0 aliphatic rings. The van der Waals surface area contributed by atoms with Crippen molar-refractivity contribution >= 4 is 85.8 Å². The lowest BCUT2D eigenvalue weighted by atomic mass is 9.94. The van der Waals surface area contributed by atoms with E-state index in [4.69, 9.17) is 24.4 Å². The van der Waals surface area contributed by atoms with Gasteiger partial charge >= 0.3 is 0 Å². The molecule has 0 aliphatic heterocycles. The summed E-state index contributed by atoms with van der Waals surface area (Å²) in [5.41, 5.74) is 11.2. The molecule has 0 radical (unpaired) electrons. The number of furan rings is 1. The summed E-state index contributed by atoms with van der Waals surface area (Å²) in [5, 5.41) is 7.92. The van der Waals surface area contributed by atoms with Gasteiger partial charge in [0.15, 0.2) is 17.5 Å². The van der Waals surface area contributed by atoms with Gasteiger partial charge in [-0.3, -0.25) is 0 Å². The fraction of sp³-hybridized carbons (Fsp3) is 0. The number of thiophene rings is 1. The van der Waals surface area contributed by atoms with Crippen molar-refractivity contribution < 1.29 is 4.42 Å². The molecule has 0 aliphatic carbocycles. The lowest BCUT2D eigenvalue weighted by Crippen LogP contribution is -2.00. The van der Waals surface area contributed by atoms with Gasteiger partial charge in [-0.1, -0.05) is 158 Å². The molecule has 0 bridgehead atoms. The number of hydrogen-bond donors (Lipinski definition) is 0. The van der Waals surface area contributed by atoms with E-state index in [1.54, 1.807) is 11.3 Å². The molecule has 294 valence electrons. The van der Waals surface area contributed by atoms with Crippen LogP contribution in [0.15, 0.2) is 199 Å². The molecule has 0 unspecified atom stereocenters. The average Bonchev–Trinajstić information content (AvgIpc) is 4.07. The summed E-state index contributed by atoms with van der Waals surface area (Å²) >= 11 is 3.58. The first-order valence-corrected chi connectivity index (χ1v) is 22.5. The van der Waals surface area contributed by atoms with Crippen molar-refractivity contribution in [2.75, 3.05) is 0 Å². The van der Waals surface area contributed by atoms with Crippen molar-refractivity contribution in [3.05, 3.63) is 194 Å². The molecule has 5 nitrogen and oxygen atoms in total. The Morgan fingerprint density at radius 1 is 0.333 bits per heavy atom. The molecule has 13 rings (SSSR count). The molecule has 13 aromatic rings. The maximum absolute atomic E-state index is 6.52. The van der Waals surface area contributed by atoms with Crippen LogP contribution in [0.1, 0.15) is 0 Å². The van der Waals surface area contributed by atoms with Gasteiger partial charge in [0.1, 0.15) is 16.2 Å². The standard InChI is InChI=1S/C56H32N4OS2/c1-3-12-33(13-4-1)34-22-24-36(25-23-34)54-58-53(35-14-5-2-6-15-35)59-55(60-54)43-28-27-38(39-16-7-8-17-40(39)43)37-26-30-47-45(32-37)50-48(61-47)31-29-46-52(50)63-56(57-46)44-20-11-19-42-41-18-9-10-21-49(41)62-51(42)44/h1-32H. The van der Waals surface area contributed by atoms with Crippen LogP contribution in [0, 0.1) is 0 Å². The van der Waals surface area contributed by atoms with Crippen LogP contribution in [-0.2, 0) is 0 Å². The third kappa shape index (κ3) is 5.97. The quantitative estimate of drug-likeness (QED) is 0.167. The maximum Gasteiger partial charge on any atom is 0.164 e. The monoisotopic (exact) mass is 840 g/mol. The third-order valence-corrected chi connectivity index (χ3v) is 14.4. The Kier molecular flexibility index (Phi) is 8.19. The van der Waals surface area contributed by atoms with Crippen LogP contribution in [0.5, 0.6) is 0 Å². The molecule has 0 spiro atoms. The van der Waals surface area contributed by atoms with Crippen LogP contribution in [0.2, 0.25) is 0 Å². The van der Waals surface area contributed by atoms with E-state index in [-0.39, 0.29) is 0 Å². The van der Waals surface area contributed by atoms with Crippen molar-refractivity contribution in [3.63, 3.8) is 0 Å². The minimum Gasteiger partial charge on any atom is -0.456 e. The highest BCUT2D eigenvalue weighted by Gasteiger charge is 2.20. The number of hydrogen-bond acceptors (Lipinski definition) is 7. The molecule has 0 amide bonds. The van der Waals surface area contributed by atoms with Crippen LogP contribution >= 0.6 is 22.7 Å². The van der Waals surface area contributed by atoms with E-state index in [9.17, 15) is 0 Å². The van der Waals surface area contributed by atoms with Crippen molar-refractivity contribution in [2.45, 2.75) is 0 Å². The summed E-state index contributed by atoms with van der Waals surface area (Å²) in [4.78, 5) is 20.5. The molecule has 9 aromatic carbocycles. The van der Waals surface area contributed by atoms with Gasteiger partial charge in [-0.2, -0.15) is 0 Å². The van der Waals surface area contributed by atoms with Crippen LogP contribution in [0.4, 0.5) is 0 Å². The van der Waals surface area contributed by atoms with E-state index in [0.29, 0.717) is 17.5 Å². The molecule has 4 aromatic heterocycles. The second-order valence-electron chi connectivity index (χ2n) is 15.7. The summed E-state index contributed by atoms with van der Waals surface area (Å²) in [6.45, 7) is 0. The van der Waals surface area contributed by atoms with Gasteiger partial charge in [-0.05, 0) is 69.4 Å². The van der Waals surface area contributed by atoms with Gasteiger partial charge in [0.05, 0.1) is 10.2 Å². The Bertz CT molecular complexity index is 3910. The molecular formula is C56H32N4OS2. The zero-order chi connectivity index (χ0) is 41.4. The molecular weight excluding hydrogens is 809 g/mol. The number of benzene rings is 9. The molecule has 0 atom stereocenters. The van der Waals surface area contributed by atoms with E-state index in [1.165, 1.54) is 31.3 Å². The van der Waals surface area contributed by atoms with Gasteiger partial charge in [-0.15, -0.1) is 22.7 Å². The van der Waals surface area contributed by atoms with Crippen LogP contribution in [0.3, 0.4) is 0 Å². The third-order valence-electron chi connectivity index (χ3n) is 12.0. The summed E-state index contributed by atoms with van der Waals surface area (Å²) in [6, 6.07) is 67.8. The lowest BCUT2D eigenvalue weighted by molar-refractivity contribution is 0.669. The van der Waals surface area contributed by atoms with Gasteiger partial charge < -0.3 is 4.42 Å². The first-order valence-electron chi connectivity index (χ1n) is 20.9. The molecule has 0 saturated carbocycles. The van der Waals surface area contributed by atoms with E-state index in [1.807, 2.05) is 47.7 Å². The smallest absolute Gasteiger partial charge is 0.164 e. The van der Waals surface area contributed by atoms with Gasteiger partial charge in [0, 0.05) is 53.2 Å².